The van der Waals surface area contributed by atoms with E-state index < -0.39 is 11.3 Å². The molecule has 0 heterocycles. The third-order valence-electron chi connectivity index (χ3n) is 3.01. The van der Waals surface area contributed by atoms with Crippen molar-refractivity contribution in [2.24, 2.45) is 0 Å². The van der Waals surface area contributed by atoms with E-state index in [-0.39, 0.29) is 17.3 Å². The average Bonchev–Trinajstić information content (AvgIpc) is 2.54. The van der Waals surface area contributed by atoms with Crippen LogP contribution in [-0.4, -0.2) is 20.4 Å². The molecule has 2 rings (SSSR count). The molecule has 5 nitrogen and oxygen atoms in total. The van der Waals surface area contributed by atoms with Crippen LogP contribution >= 0.6 is 11.6 Å². The Hall–Kier alpha value is -2.33. The maximum Gasteiger partial charge on any atom is 0.262 e. The number of benzene rings is 2. The molecule has 118 valence electrons. The lowest BCUT2D eigenvalue weighted by Gasteiger charge is -2.18. The summed E-state index contributed by atoms with van der Waals surface area (Å²) in [4.78, 5) is 0. The van der Waals surface area contributed by atoms with Crippen LogP contribution in [0.5, 0.6) is 5.75 Å². The van der Waals surface area contributed by atoms with Gasteiger partial charge in [0.15, 0.2) is 0 Å². The molecule has 2 N–H and O–H groups in total. The molecule has 0 radical (unpaired) electrons. The largest absolute Gasteiger partial charge is 0.506 e. The van der Waals surface area contributed by atoms with E-state index in [1.165, 1.54) is 22.5 Å². The molecule has 0 fully saturated rings. The number of phenolic OH excluding ortho intramolecular Hbond substituents is 1. The van der Waals surface area contributed by atoms with Crippen LogP contribution in [0.3, 0.4) is 0 Å². The highest BCUT2D eigenvalue weighted by molar-refractivity contribution is 7.80. The normalized spacial score (nSPS) is 12.0. The number of rotatable bonds is 5. The van der Waals surface area contributed by atoms with Gasteiger partial charge in [-0.1, -0.05) is 35.9 Å². The van der Waals surface area contributed by atoms with Crippen LogP contribution < -0.4 is 4.31 Å². The summed E-state index contributed by atoms with van der Waals surface area (Å²) >= 11 is 3.58. The van der Waals surface area contributed by atoms with Crippen molar-refractivity contribution < 1.29 is 13.9 Å². The number of anilines is 1. The van der Waals surface area contributed by atoms with Gasteiger partial charge < -0.3 is 5.11 Å². The fraction of sp³-hybridized carbons (Fsp3) is 0.0625. The summed E-state index contributed by atoms with van der Waals surface area (Å²) in [6.45, 7) is 0.154. The quantitative estimate of drug-likeness (QED) is 0.809. The van der Waals surface area contributed by atoms with Gasteiger partial charge in [0.25, 0.3) is 11.3 Å². The Morgan fingerprint density at radius 1 is 1.30 bits per heavy atom. The summed E-state index contributed by atoms with van der Waals surface area (Å²) in [5.41, 5.74) is 1.76. The number of hydrogen-bond donors (Lipinski definition) is 2. The SMILES string of the molecule is N#Cc1cccc(/C=C/CN(c2ccc(O)c(Cl)c2)S(=O)O)c1. The zero-order valence-corrected chi connectivity index (χ0v) is 13.5. The number of nitriles is 1. The molecular weight excluding hydrogens is 336 g/mol. The number of nitrogens with zero attached hydrogens (tertiary/aromatic N) is 2. The highest BCUT2D eigenvalue weighted by Gasteiger charge is 2.12. The average molecular weight is 349 g/mol. The van der Waals surface area contributed by atoms with Crippen LogP contribution in [0.25, 0.3) is 6.08 Å². The summed E-state index contributed by atoms with van der Waals surface area (Å²) < 4.78 is 22.1. The molecule has 7 heteroatoms. The maximum atomic E-state index is 11.5. The van der Waals surface area contributed by atoms with Gasteiger partial charge in [-0.2, -0.15) is 5.26 Å². The van der Waals surface area contributed by atoms with Crippen LogP contribution in [0.15, 0.2) is 48.5 Å². The Morgan fingerprint density at radius 2 is 2.09 bits per heavy atom. The molecule has 0 bridgehead atoms. The smallest absolute Gasteiger partial charge is 0.262 e. The molecule has 2 aromatic rings. The zero-order chi connectivity index (χ0) is 16.8. The molecule has 2 aromatic carbocycles. The molecule has 0 saturated carbocycles. The van der Waals surface area contributed by atoms with Gasteiger partial charge in [0.05, 0.1) is 28.9 Å². The van der Waals surface area contributed by atoms with Crippen molar-refractivity contribution in [1.29, 1.82) is 5.26 Å². The summed E-state index contributed by atoms with van der Waals surface area (Å²) in [5, 5.41) is 18.4. The number of hydrogen-bond acceptors (Lipinski definition) is 3. The Balaban J connectivity index is 2.16. The number of phenols is 1. The summed E-state index contributed by atoms with van der Waals surface area (Å²) in [7, 11) is 0. The molecule has 0 amide bonds. The molecule has 23 heavy (non-hydrogen) atoms. The standard InChI is InChI=1S/C16H13ClN2O3S/c17-15-10-14(6-7-16(15)20)19(23(21)22)8-2-5-12-3-1-4-13(9-12)11-18/h1-7,9-10,20H,8H2,(H,21,22)/b5-2+. The van der Waals surface area contributed by atoms with Crippen molar-refractivity contribution >= 4 is 34.6 Å². The first-order chi connectivity index (χ1) is 11.0. The molecular formula is C16H13ClN2O3S. The van der Waals surface area contributed by atoms with Crippen molar-refractivity contribution in [2.75, 3.05) is 10.8 Å². The third-order valence-corrected chi connectivity index (χ3v) is 4.04. The van der Waals surface area contributed by atoms with E-state index in [1.807, 2.05) is 6.07 Å². The Bertz CT molecular complexity index is 802. The van der Waals surface area contributed by atoms with E-state index in [4.69, 9.17) is 16.9 Å². The van der Waals surface area contributed by atoms with Crippen LogP contribution in [0, 0.1) is 11.3 Å². The first kappa shape index (κ1) is 17.0. The zero-order valence-electron chi connectivity index (χ0n) is 11.9. The van der Waals surface area contributed by atoms with Crippen molar-refractivity contribution in [3.05, 3.63) is 64.7 Å². The minimum Gasteiger partial charge on any atom is -0.506 e. The molecule has 0 aliphatic rings. The van der Waals surface area contributed by atoms with Crippen molar-refractivity contribution in [1.82, 2.24) is 0 Å². The van der Waals surface area contributed by atoms with Crippen LogP contribution in [0.2, 0.25) is 5.02 Å². The molecule has 0 saturated heterocycles. The lowest BCUT2D eigenvalue weighted by Crippen LogP contribution is -2.25. The molecule has 0 spiro atoms. The van der Waals surface area contributed by atoms with E-state index in [9.17, 15) is 13.9 Å². The number of halogens is 1. The second-order valence-corrected chi connectivity index (χ2v) is 5.88. The Kier molecular flexibility index (Phi) is 5.77. The second kappa shape index (κ2) is 7.79. The fourth-order valence-electron chi connectivity index (χ4n) is 1.91. The fourth-order valence-corrected chi connectivity index (χ4v) is 2.59. The first-order valence-corrected chi connectivity index (χ1v) is 7.99. The van der Waals surface area contributed by atoms with Crippen LogP contribution in [0.1, 0.15) is 11.1 Å². The molecule has 0 aromatic heterocycles. The highest BCUT2D eigenvalue weighted by Crippen LogP contribution is 2.28. The van der Waals surface area contributed by atoms with Gasteiger partial charge in [-0.15, -0.1) is 0 Å². The summed E-state index contributed by atoms with van der Waals surface area (Å²) in [6, 6.07) is 13.3. The van der Waals surface area contributed by atoms with Crippen molar-refractivity contribution in [3.63, 3.8) is 0 Å². The Labute approximate surface area is 141 Å². The monoisotopic (exact) mass is 348 g/mol. The minimum atomic E-state index is -2.24. The highest BCUT2D eigenvalue weighted by atomic mass is 35.5. The summed E-state index contributed by atoms with van der Waals surface area (Å²) in [5.74, 6) is -0.0945. The first-order valence-electron chi connectivity index (χ1n) is 6.55. The van der Waals surface area contributed by atoms with Crippen molar-refractivity contribution in [3.8, 4) is 11.8 Å². The predicted octanol–water partition coefficient (Wildman–Crippen LogP) is 3.57. The van der Waals surface area contributed by atoms with Gasteiger partial charge in [0, 0.05) is 0 Å². The van der Waals surface area contributed by atoms with Crippen molar-refractivity contribution in [2.45, 2.75) is 0 Å². The maximum absolute atomic E-state index is 11.5. The second-order valence-electron chi connectivity index (χ2n) is 4.57. The molecule has 1 atom stereocenters. The van der Waals surface area contributed by atoms with Gasteiger partial charge in [-0.25, -0.2) is 4.21 Å². The van der Waals surface area contributed by atoms with Crippen LogP contribution in [-0.2, 0) is 11.3 Å². The van der Waals surface area contributed by atoms with E-state index in [0.717, 1.165) is 5.56 Å². The van der Waals surface area contributed by atoms with Gasteiger partial charge in [-0.05, 0) is 35.9 Å². The summed E-state index contributed by atoms with van der Waals surface area (Å²) in [6.07, 6.45) is 3.45. The van der Waals surface area contributed by atoms with E-state index in [1.54, 1.807) is 30.4 Å². The number of aromatic hydroxyl groups is 1. The lowest BCUT2D eigenvalue weighted by molar-refractivity contribution is 0.475. The van der Waals surface area contributed by atoms with Gasteiger partial charge in [-0.3, -0.25) is 8.86 Å². The topological polar surface area (TPSA) is 84.6 Å². The van der Waals surface area contributed by atoms with Crippen LogP contribution in [0.4, 0.5) is 5.69 Å². The van der Waals surface area contributed by atoms with Gasteiger partial charge in [0.2, 0.25) is 0 Å². The van der Waals surface area contributed by atoms with E-state index in [0.29, 0.717) is 11.3 Å². The molecule has 0 aliphatic carbocycles. The predicted molar refractivity (Wildman–Crippen MR) is 91.4 cm³/mol. The Morgan fingerprint density at radius 3 is 2.74 bits per heavy atom. The van der Waals surface area contributed by atoms with Gasteiger partial charge in [0.1, 0.15) is 5.75 Å². The minimum absolute atomic E-state index is 0.0945. The molecule has 1 unspecified atom stereocenters. The lowest BCUT2D eigenvalue weighted by atomic mass is 10.1. The van der Waals surface area contributed by atoms with E-state index >= 15 is 0 Å². The molecule has 0 aliphatic heterocycles. The third kappa shape index (κ3) is 4.57. The van der Waals surface area contributed by atoms with Gasteiger partial charge >= 0.3 is 0 Å². The van der Waals surface area contributed by atoms with E-state index in [2.05, 4.69) is 6.07 Å².